The Labute approximate surface area is 210 Å². The number of aliphatic hydroxyl groups is 1. The molecule has 4 rings (SSSR count). The van der Waals surface area contributed by atoms with E-state index in [4.69, 9.17) is 17.3 Å². The fraction of sp³-hybridized carbons (Fsp3) is 0.407. The highest BCUT2D eigenvalue weighted by Gasteiger charge is 2.26. The molecule has 2 aromatic heterocycles. The summed E-state index contributed by atoms with van der Waals surface area (Å²) in [5.41, 5.74) is 10.5. The molecule has 3 aromatic rings. The van der Waals surface area contributed by atoms with Crippen molar-refractivity contribution in [3.05, 3.63) is 64.8 Å². The summed E-state index contributed by atoms with van der Waals surface area (Å²) in [6.07, 6.45) is 3.13. The molecule has 1 amide bonds. The largest absolute Gasteiger partial charge is 0.393 e. The molecule has 1 aliphatic rings. The monoisotopic (exact) mass is 488 g/mol. The molecule has 188 valence electrons. The van der Waals surface area contributed by atoms with Gasteiger partial charge < -0.3 is 15.4 Å². The van der Waals surface area contributed by atoms with Gasteiger partial charge in [0.15, 0.2) is 11.5 Å². The lowest BCUT2D eigenvalue weighted by atomic mass is 10.0. The van der Waals surface area contributed by atoms with Crippen LogP contribution < -0.4 is 5.73 Å². The Hall–Kier alpha value is -3.58. The molecule has 36 heavy (non-hydrogen) atoms. The first kappa shape index (κ1) is 25.5. The topological polar surface area (TPSA) is 109 Å². The van der Waals surface area contributed by atoms with Crippen molar-refractivity contribution in [2.24, 2.45) is 5.73 Å². The Morgan fingerprint density at radius 2 is 1.92 bits per heavy atom. The molecule has 1 unspecified atom stereocenters. The molecule has 0 aliphatic carbocycles. The molecule has 9 nitrogen and oxygen atoms in total. The summed E-state index contributed by atoms with van der Waals surface area (Å²) < 4.78 is 1.99. The highest BCUT2D eigenvalue weighted by atomic mass is 16.3. The number of amides is 1. The Balaban J connectivity index is 1.79. The fourth-order valence-corrected chi connectivity index (χ4v) is 4.90. The van der Waals surface area contributed by atoms with Gasteiger partial charge in [-0.15, -0.1) is 0 Å². The van der Waals surface area contributed by atoms with Gasteiger partial charge in [-0.25, -0.2) is 4.85 Å². The second-order valence-corrected chi connectivity index (χ2v) is 9.65. The van der Waals surface area contributed by atoms with Crippen molar-refractivity contribution in [1.29, 1.82) is 0 Å². The highest BCUT2D eigenvalue weighted by Crippen LogP contribution is 2.30. The van der Waals surface area contributed by atoms with Crippen molar-refractivity contribution < 1.29 is 14.7 Å². The molecule has 1 atom stereocenters. The minimum absolute atomic E-state index is 0.0195. The Kier molecular flexibility index (Phi) is 7.50. The summed E-state index contributed by atoms with van der Waals surface area (Å²) in [6, 6.07) is 8.70. The van der Waals surface area contributed by atoms with E-state index in [-0.39, 0.29) is 18.4 Å². The minimum Gasteiger partial charge on any atom is -0.393 e. The summed E-state index contributed by atoms with van der Waals surface area (Å²) >= 11 is 0. The normalized spacial score (nSPS) is 15.8. The lowest BCUT2D eigenvalue weighted by Gasteiger charge is -2.28. The van der Waals surface area contributed by atoms with Crippen molar-refractivity contribution in [2.75, 3.05) is 33.7 Å². The number of hydrogen-bond acceptors (Lipinski definition) is 6. The van der Waals surface area contributed by atoms with Crippen LogP contribution in [-0.2, 0) is 11.2 Å². The first-order valence-electron chi connectivity index (χ1n) is 12.1. The number of nitrogens with zero attached hydrogens (tertiary/aromatic N) is 5. The smallest absolute Gasteiger partial charge is 0.235 e. The van der Waals surface area contributed by atoms with Crippen LogP contribution in [0.1, 0.15) is 34.5 Å². The first-order chi connectivity index (χ1) is 17.2. The van der Waals surface area contributed by atoms with Crippen LogP contribution in [0.4, 0.5) is 5.69 Å². The Morgan fingerprint density at radius 1 is 1.25 bits per heavy atom. The van der Waals surface area contributed by atoms with Gasteiger partial charge in [0.25, 0.3) is 0 Å². The highest BCUT2D eigenvalue weighted by molar-refractivity contribution is 6.09. The summed E-state index contributed by atoms with van der Waals surface area (Å²) in [5.74, 6) is -0.433. The SMILES string of the molecule is [C-]#[N+]c1ccc(-n2c(C)c(C(=O)CN3CCC(O)CC3)c3ncc(CC(C(N)=O)N(C)C)cc32)cc1. The van der Waals surface area contributed by atoms with Crippen molar-refractivity contribution in [1.82, 2.24) is 19.4 Å². The van der Waals surface area contributed by atoms with Crippen molar-refractivity contribution in [3.8, 4) is 5.69 Å². The number of aromatic nitrogens is 2. The summed E-state index contributed by atoms with van der Waals surface area (Å²) in [4.78, 5) is 37.6. The molecule has 9 heteroatoms. The van der Waals surface area contributed by atoms with Gasteiger partial charge in [0, 0.05) is 30.7 Å². The standard InChI is InChI=1S/C27H32N6O3/c1-17-25(24(35)16-32-11-9-21(34)10-12-32)26-22(33(17)20-7-5-19(29-2)6-8-20)13-18(15-30-26)14-23(27(28)36)31(3)4/h5-8,13,15,21,23,34H,9-12,14,16H2,1,3-4H3,(H2,28,36). The molecule has 0 bridgehead atoms. The molecular weight excluding hydrogens is 456 g/mol. The van der Waals surface area contributed by atoms with Crippen LogP contribution in [-0.4, -0.2) is 82.0 Å². The van der Waals surface area contributed by atoms with E-state index < -0.39 is 11.9 Å². The molecule has 3 heterocycles. The van der Waals surface area contributed by atoms with E-state index in [9.17, 15) is 14.7 Å². The van der Waals surface area contributed by atoms with Gasteiger partial charge in [-0.1, -0.05) is 12.1 Å². The lowest BCUT2D eigenvalue weighted by Crippen LogP contribution is -2.42. The number of rotatable bonds is 8. The number of fused-ring (bicyclic) bond motifs is 1. The van der Waals surface area contributed by atoms with Gasteiger partial charge in [0.2, 0.25) is 5.91 Å². The zero-order valence-corrected chi connectivity index (χ0v) is 20.9. The van der Waals surface area contributed by atoms with E-state index in [0.717, 1.165) is 22.5 Å². The van der Waals surface area contributed by atoms with E-state index in [1.807, 2.05) is 43.8 Å². The van der Waals surface area contributed by atoms with Gasteiger partial charge in [-0.2, -0.15) is 0 Å². The van der Waals surface area contributed by atoms with E-state index in [1.54, 1.807) is 23.2 Å². The van der Waals surface area contributed by atoms with Gasteiger partial charge in [-0.3, -0.25) is 24.4 Å². The minimum atomic E-state index is -0.484. The number of likely N-dealkylation sites (tertiary alicyclic amines) is 1. The predicted octanol–water partition coefficient (Wildman–Crippen LogP) is 2.48. The van der Waals surface area contributed by atoms with Gasteiger partial charge in [0.05, 0.1) is 41.9 Å². The van der Waals surface area contributed by atoms with Crippen LogP contribution >= 0.6 is 0 Å². The fourth-order valence-electron chi connectivity index (χ4n) is 4.90. The number of pyridine rings is 1. The van der Waals surface area contributed by atoms with Crippen LogP contribution in [0.15, 0.2) is 36.5 Å². The van der Waals surface area contributed by atoms with Crippen LogP contribution in [0.5, 0.6) is 0 Å². The Bertz CT molecular complexity index is 1310. The number of piperidine rings is 1. The van der Waals surface area contributed by atoms with E-state index in [1.165, 1.54) is 0 Å². The molecule has 3 N–H and O–H groups in total. The molecular formula is C27H32N6O3. The molecule has 0 radical (unpaired) electrons. The molecule has 0 spiro atoms. The van der Waals surface area contributed by atoms with Crippen molar-refractivity contribution >= 4 is 28.4 Å². The quantitative estimate of drug-likeness (QED) is 0.373. The van der Waals surface area contributed by atoms with E-state index >= 15 is 0 Å². The summed E-state index contributed by atoms with van der Waals surface area (Å²) in [6.45, 7) is 10.8. The third kappa shape index (κ3) is 5.16. The number of benzene rings is 1. The second-order valence-electron chi connectivity index (χ2n) is 9.65. The number of likely N-dealkylation sites (N-methyl/N-ethyl adjacent to an activating group) is 1. The molecule has 1 saturated heterocycles. The lowest BCUT2D eigenvalue weighted by molar-refractivity contribution is -0.122. The number of Topliss-reactive ketones (excluding diaryl/α,β-unsaturated/α-hetero) is 1. The van der Waals surface area contributed by atoms with Crippen LogP contribution in [0.3, 0.4) is 0 Å². The first-order valence-corrected chi connectivity index (χ1v) is 12.1. The zero-order valence-electron chi connectivity index (χ0n) is 20.9. The number of carbonyl (C=O) groups excluding carboxylic acids is 2. The van der Waals surface area contributed by atoms with Crippen molar-refractivity contribution in [3.63, 3.8) is 0 Å². The molecule has 1 aliphatic heterocycles. The average molecular weight is 489 g/mol. The summed E-state index contributed by atoms with van der Waals surface area (Å²) in [7, 11) is 3.62. The Morgan fingerprint density at radius 3 is 2.50 bits per heavy atom. The predicted molar refractivity (Wildman–Crippen MR) is 138 cm³/mol. The number of primary amides is 1. The number of ketones is 1. The number of nitrogens with two attached hydrogens (primary N) is 1. The number of aliphatic hydroxyl groups excluding tert-OH is 1. The number of hydrogen-bond donors (Lipinski definition) is 2. The third-order valence-electron chi connectivity index (χ3n) is 6.92. The zero-order chi connectivity index (χ0) is 26.0. The van der Waals surface area contributed by atoms with E-state index in [2.05, 4.69) is 9.74 Å². The van der Waals surface area contributed by atoms with Crippen LogP contribution in [0.2, 0.25) is 0 Å². The maximum absolute atomic E-state index is 13.6. The average Bonchev–Trinajstić information content (AvgIpc) is 3.14. The van der Waals surface area contributed by atoms with Crippen LogP contribution in [0, 0.1) is 13.5 Å². The second kappa shape index (κ2) is 10.6. The molecule has 1 fully saturated rings. The van der Waals surface area contributed by atoms with Gasteiger partial charge in [0.1, 0.15) is 0 Å². The third-order valence-corrected chi connectivity index (χ3v) is 6.92. The molecule has 1 aromatic carbocycles. The van der Waals surface area contributed by atoms with Gasteiger partial charge >= 0.3 is 0 Å². The van der Waals surface area contributed by atoms with E-state index in [0.29, 0.717) is 49.1 Å². The molecule has 0 saturated carbocycles. The van der Waals surface area contributed by atoms with Crippen molar-refractivity contribution in [2.45, 2.75) is 38.3 Å². The maximum atomic E-state index is 13.6. The maximum Gasteiger partial charge on any atom is 0.235 e. The van der Waals surface area contributed by atoms with Crippen LogP contribution in [0.25, 0.3) is 21.6 Å². The van der Waals surface area contributed by atoms with Gasteiger partial charge in [-0.05, 0) is 64.0 Å². The number of carbonyl (C=O) groups is 2. The summed E-state index contributed by atoms with van der Waals surface area (Å²) in [5, 5.41) is 9.81.